The Hall–Kier alpha value is -4.06. The average Bonchev–Trinajstić information content (AvgIpc) is 3.47. The van der Waals surface area contributed by atoms with E-state index in [9.17, 15) is 4.79 Å². The Kier molecular flexibility index (Phi) is 4.64. The van der Waals surface area contributed by atoms with Crippen molar-refractivity contribution in [2.75, 3.05) is 18.2 Å². The van der Waals surface area contributed by atoms with Gasteiger partial charge in [0, 0.05) is 29.7 Å². The van der Waals surface area contributed by atoms with Crippen LogP contribution in [0.3, 0.4) is 0 Å². The largest absolute Gasteiger partial charge is 0.454 e. The van der Waals surface area contributed by atoms with Crippen LogP contribution in [0.5, 0.6) is 11.5 Å². The predicted octanol–water partition coefficient (Wildman–Crippen LogP) is 4.90. The predicted molar refractivity (Wildman–Crippen MR) is 127 cm³/mol. The molecule has 0 saturated heterocycles. The lowest BCUT2D eigenvalue weighted by Crippen LogP contribution is -2.23. The van der Waals surface area contributed by atoms with Crippen LogP contribution in [0.2, 0.25) is 0 Å². The Labute approximate surface area is 191 Å². The maximum atomic E-state index is 12.7. The smallest absolute Gasteiger partial charge is 0.251 e. The van der Waals surface area contributed by atoms with Gasteiger partial charge in [0.25, 0.3) is 5.91 Å². The van der Waals surface area contributed by atoms with Crippen LogP contribution in [0.25, 0.3) is 10.9 Å². The molecule has 0 atom stereocenters. The lowest BCUT2D eigenvalue weighted by molar-refractivity contribution is 0.0951. The fourth-order valence-corrected chi connectivity index (χ4v) is 4.45. The van der Waals surface area contributed by atoms with Gasteiger partial charge in [0.05, 0.1) is 5.52 Å². The molecule has 1 N–H and O–H groups in total. The Morgan fingerprint density at radius 1 is 1.00 bits per heavy atom. The van der Waals surface area contributed by atoms with Gasteiger partial charge in [-0.25, -0.2) is 4.98 Å². The van der Waals surface area contributed by atoms with Gasteiger partial charge in [-0.2, -0.15) is 0 Å². The van der Waals surface area contributed by atoms with Gasteiger partial charge in [-0.15, -0.1) is 0 Å². The molecule has 164 valence electrons. The highest BCUT2D eigenvalue weighted by molar-refractivity contribution is 5.94. The van der Waals surface area contributed by atoms with Crippen molar-refractivity contribution in [3.63, 3.8) is 0 Å². The minimum absolute atomic E-state index is 0.111. The van der Waals surface area contributed by atoms with Gasteiger partial charge in [-0.3, -0.25) is 4.79 Å². The first-order valence-corrected chi connectivity index (χ1v) is 11.1. The SMILES string of the molecule is Cc1ccc2cc3c(nc2c1)N(c1ccc(C(=O)NCc2ccc4c(c2)OCO4)cc1)CC3. The van der Waals surface area contributed by atoms with Gasteiger partial charge < -0.3 is 19.7 Å². The molecule has 1 amide bonds. The minimum Gasteiger partial charge on any atom is -0.454 e. The molecule has 0 fully saturated rings. The number of aryl methyl sites for hydroxylation is 1. The number of ether oxygens (including phenoxy) is 2. The van der Waals surface area contributed by atoms with Crippen molar-refractivity contribution in [1.82, 2.24) is 10.3 Å². The molecule has 1 aromatic heterocycles. The number of fused-ring (bicyclic) bond motifs is 3. The number of benzene rings is 3. The molecule has 0 unspecified atom stereocenters. The maximum Gasteiger partial charge on any atom is 0.251 e. The molecule has 3 aromatic carbocycles. The summed E-state index contributed by atoms with van der Waals surface area (Å²) in [5.41, 5.74) is 6.11. The van der Waals surface area contributed by atoms with Crippen LogP contribution in [0.15, 0.2) is 66.7 Å². The summed E-state index contributed by atoms with van der Waals surface area (Å²) in [6.07, 6.45) is 0.962. The zero-order chi connectivity index (χ0) is 22.4. The number of rotatable bonds is 4. The van der Waals surface area contributed by atoms with Crippen LogP contribution in [0.1, 0.15) is 27.0 Å². The van der Waals surface area contributed by atoms with Gasteiger partial charge in [0.2, 0.25) is 6.79 Å². The molecule has 0 bridgehead atoms. The molecule has 0 spiro atoms. The van der Waals surface area contributed by atoms with Crippen molar-refractivity contribution in [3.05, 3.63) is 89.0 Å². The second kappa shape index (κ2) is 7.81. The number of carbonyl (C=O) groups is 1. The summed E-state index contributed by atoms with van der Waals surface area (Å²) in [6, 6.07) is 22.0. The van der Waals surface area contributed by atoms with E-state index < -0.39 is 0 Å². The van der Waals surface area contributed by atoms with Crippen molar-refractivity contribution in [1.29, 1.82) is 0 Å². The number of anilines is 2. The fourth-order valence-electron chi connectivity index (χ4n) is 4.45. The fraction of sp³-hybridized carbons (Fsp3) is 0.185. The van der Waals surface area contributed by atoms with Crippen LogP contribution in [-0.2, 0) is 13.0 Å². The van der Waals surface area contributed by atoms with Crippen LogP contribution >= 0.6 is 0 Å². The Morgan fingerprint density at radius 2 is 1.85 bits per heavy atom. The van der Waals surface area contributed by atoms with E-state index >= 15 is 0 Å². The summed E-state index contributed by atoms with van der Waals surface area (Å²) < 4.78 is 10.7. The molecule has 0 radical (unpaired) electrons. The number of nitrogens with one attached hydrogen (secondary N) is 1. The van der Waals surface area contributed by atoms with E-state index in [2.05, 4.69) is 41.4 Å². The highest BCUT2D eigenvalue weighted by Gasteiger charge is 2.23. The normalized spacial score (nSPS) is 13.9. The summed E-state index contributed by atoms with van der Waals surface area (Å²) in [7, 11) is 0. The maximum absolute atomic E-state index is 12.7. The number of hydrogen-bond donors (Lipinski definition) is 1. The molecule has 4 aromatic rings. The first-order valence-electron chi connectivity index (χ1n) is 11.1. The van der Waals surface area contributed by atoms with E-state index in [1.54, 1.807) is 0 Å². The third kappa shape index (κ3) is 3.63. The van der Waals surface area contributed by atoms with Crippen LogP contribution in [-0.4, -0.2) is 24.2 Å². The van der Waals surface area contributed by atoms with Gasteiger partial charge >= 0.3 is 0 Å². The van der Waals surface area contributed by atoms with Crippen molar-refractivity contribution in [3.8, 4) is 11.5 Å². The number of amides is 1. The first-order chi connectivity index (χ1) is 16.1. The topological polar surface area (TPSA) is 63.7 Å². The van der Waals surface area contributed by atoms with Gasteiger partial charge in [-0.05, 0) is 78.6 Å². The summed E-state index contributed by atoms with van der Waals surface area (Å²) in [6.45, 7) is 3.63. The molecule has 6 heteroatoms. The van der Waals surface area contributed by atoms with E-state index in [0.29, 0.717) is 17.9 Å². The lowest BCUT2D eigenvalue weighted by Gasteiger charge is -2.19. The molecule has 6 rings (SSSR count). The zero-order valence-corrected chi connectivity index (χ0v) is 18.3. The van der Waals surface area contributed by atoms with Crippen LogP contribution in [0.4, 0.5) is 11.5 Å². The molecule has 0 saturated carbocycles. The van der Waals surface area contributed by atoms with E-state index in [4.69, 9.17) is 14.5 Å². The summed E-state index contributed by atoms with van der Waals surface area (Å²) in [5.74, 6) is 2.35. The van der Waals surface area contributed by atoms with E-state index in [0.717, 1.165) is 41.3 Å². The van der Waals surface area contributed by atoms with E-state index in [-0.39, 0.29) is 12.7 Å². The molecule has 2 aliphatic heterocycles. The van der Waals surface area contributed by atoms with E-state index in [1.165, 1.54) is 16.5 Å². The molecule has 0 aliphatic carbocycles. The highest BCUT2D eigenvalue weighted by atomic mass is 16.7. The minimum atomic E-state index is -0.111. The highest BCUT2D eigenvalue weighted by Crippen LogP contribution is 2.35. The second-order valence-corrected chi connectivity index (χ2v) is 8.49. The summed E-state index contributed by atoms with van der Waals surface area (Å²) in [5, 5.41) is 4.15. The van der Waals surface area contributed by atoms with Crippen LogP contribution < -0.4 is 19.7 Å². The van der Waals surface area contributed by atoms with Crippen molar-refractivity contribution >= 4 is 28.3 Å². The Balaban J connectivity index is 1.17. The average molecular weight is 437 g/mol. The molecular formula is C27H23N3O3. The van der Waals surface area contributed by atoms with Crippen molar-refractivity contribution < 1.29 is 14.3 Å². The van der Waals surface area contributed by atoms with Crippen molar-refractivity contribution in [2.24, 2.45) is 0 Å². The Bertz CT molecular complexity index is 1380. The quantitative estimate of drug-likeness (QED) is 0.492. The van der Waals surface area contributed by atoms with Crippen LogP contribution in [0, 0.1) is 6.92 Å². The molecule has 3 heterocycles. The van der Waals surface area contributed by atoms with Gasteiger partial charge in [-0.1, -0.05) is 18.2 Å². The third-order valence-corrected chi connectivity index (χ3v) is 6.22. The second-order valence-electron chi connectivity index (χ2n) is 8.49. The lowest BCUT2D eigenvalue weighted by atomic mass is 10.1. The Morgan fingerprint density at radius 3 is 2.73 bits per heavy atom. The number of nitrogens with zero attached hydrogens (tertiary/aromatic N) is 2. The number of pyridine rings is 1. The monoisotopic (exact) mass is 437 g/mol. The molecular weight excluding hydrogens is 414 g/mol. The number of aromatic nitrogens is 1. The number of carbonyl (C=O) groups excluding carboxylic acids is 1. The number of hydrogen-bond acceptors (Lipinski definition) is 5. The van der Waals surface area contributed by atoms with E-state index in [1.807, 2.05) is 42.5 Å². The summed E-state index contributed by atoms with van der Waals surface area (Å²) >= 11 is 0. The third-order valence-electron chi connectivity index (χ3n) is 6.22. The summed E-state index contributed by atoms with van der Waals surface area (Å²) in [4.78, 5) is 19.8. The molecule has 33 heavy (non-hydrogen) atoms. The zero-order valence-electron chi connectivity index (χ0n) is 18.3. The molecule has 6 nitrogen and oxygen atoms in total. The standard InChI is InChI=1S/C27H23N3O3/c1-17-2-4-20-14-21-10-11-30(26(21)29-23(20)12-17)22-7-5-19(6-8-22)27(31)28-15-18-3-9-24-25(13-18)33-16-32-24/h2-9,12-14H,10-11,15-16H2,1H3,(H,28,31). The van der Waals surface area contributed by atoms with Crippen molar-refractivity contribution in [2.45, 2.75) is 19.9 Å². The van der Waals surface area contributed by atoms with Gasteiger partial charge in [0.15, 0.2) is 11.5 Å². The molecule has 2 aliphatic rings. The first kappa shape index (κ1) is 19.6. The van der Waals surface area contributed by atoms with Gasteiger partial charge in [0.1, 0.15) is 5.82 Å².